The van der Waals surface area contributed by atoms with Gasteiger partial charge in [-0.3, -0.25) is 9.59 Å². The molecular weight excluding hydrogens is 358 g/mol. The summed E-state index contributed by atoms with van der Waals surface area (Å²) in [6, 6.07) is 11.1. The van der Waals surface area contributed by atoms with Crippen LogP contribution in [0.25, 0.3) is 0 Å². The molecule has 0 bridgehead atoms. The van der Waals surface area contributed by atoms with Gasteiger partial charge in [0, 0.05) is 29.5 Å². The third-order valence-electron chi connectivity index (χ3n) is 3.97. The summed E-state index contributed by atoms with van der Waals surface area (Å²) in [6.45, 7) is 5.69. The largest absolute Gasteiger partial charge is 0.508 e. The Morgan fingerprint density at radius 1 is 1.00 bits per heavy atom. The lowest BCUT2D eigenvalue weighted by atomic mass is 9.99. The van der Waals surface area contributed by atoms with E-state index in [1.54, 1.807) is 24.3 Å². The highest BCUT2D eigenvalue weighted by Crippen LogP contribution is 2.21. The number of phenols is 1. The molecule has 2 N–H and O–H groups in total. The molecule has 0 saturated carbocycles. The summed E-state index contributed by atoms with van der Waals surface area (Å²) in [5.41, 5.74) is 1.45. The van der Waals surface area contributed by atoms with E-state index in [1.165, 1.54) is 25.3 Å². The Bertz CT molecular complexity index is 896. The number of phenolic OH excluding ortho intramolecular Hbond substituents is 1. The first-order chi connectivity index (χ1) is 13.1. The standard InChI is InChI=1S/C22H25NO5/c1-22(2,3)23-20(26)15-7-5-6-14(10-15)11-18(24)13-17-12-16(21(27)28-4)8-9-19(17)25/h5-10,12,25H,11,13H2,1-4H3,(H,23,26). The van der Waals surface area contributed by atoms with E-state index in [9.17, 15) is 19.5 Å². The van der Waals surface area contributed by atoms with Crippen LogP contribution in [0, 0.1) is 0 Å². The number of carbonyl (C=O) groups excluding carboxylic acids is 3. The van der Waals surface area contributed by atoms with Gasteiger partial charge in [-0.15, -0.1) is 0 Å². The molecule has 2 aromatic carbocycles. The van der Waals surface area contributed by atoms with Crippen LogP contribution in [-0.4, -0.2) is 35.4 Å². The van der Waals surface area contributed by atoms with Gasteiger partial charge in [0.05, 0.1) is 12.7 Å². The Hall–Kier alpha value is -3.15. The van der Waals surface area contributed by atoms with Crippen LogP contribution in [0.2, 0.25) is 0 Å². The molecule has 0 spiro atoms. The van der Waals surface area contributed by atoms with Crippen LogP contribution in [-0.2, 0) is 22.4 Å². The number of ketones is 1. The number of methoxy groups -OCH3 is 1. The van der Waals surface area contributed by atoms with E-state index < -0.39 is 5.97 Å². The molecule has 6 heteroatoms. The maximum absolute atomic E-state index is 12.5. The van der Waals surface area contributed by atoms with Crippen LogP contribution in [0.15, 0.2) is 42.5 Å². The van der Waals surface area contributed by atoms with Gasteiger partial charge in [-0.25, -0.2) is 4.79 Å². The van der Waals surface area contributed by atoms with Crippen LogP contribution >= 0.6 is 0 Å². The van der Waals surface area contributed by atoms with Crippen molar-refractivity contribution in [3.63, 3.8) is 0 Å². The summed E-state index contributed by atoms with van der Waals surface area (Å²) < 4.78 is 4.66. The smallest absolute Gasteiger partial charge is 0.337 e. The summed E-state index contributed by atoms with van der Waals surface area (Å²) in [7, 11) is 1.27. The number of aromatic hydroxyl groups is 1. The lowest BCUT2D eigenvalue weighted by Gasteiger charge is -2.20. The summed E-state index contributed by atoms with van der Waals surface area (Å²) in [4.78, 5) is 36.4. The molecule has 0 atom stereocenters. The molecule has 2 rings (SSSR count). The van der Waals surface area contributed by atoms with Crippen molar-refractivity contribution < 1.29 is 24.2 Å². The van der Waals surface area contributed by atoms with Crippen molar-refractivity contribution in [2.24, 2.45) is 0 Å². The predicted molar refractivity (Wildman–Crippen MR) is 106 cm³/mol. The summed E-state index contributed by atoms with van der Waals surface area (Å²) in [5.74, 6) is -0.943. The zero-order valence-corrected chi connectivity index (χ0v) is 16.5. The zero-order chi connectivity index (χ0) is 20.9. The molecule has 0 radical (unpaired) electrons. The van der Waals surface area contributed by atoms with E-state index in [-0.39, 0.29) is 41.4 Å². The molecule has 1 amide bonds. The highest BCUT2D eigenvalue weighted by Gasteiger charge is 2.17. The monoisotopic (exact) mass is 383 g/mol. The molecule has 0 unspecified atom stereocenters. The summed E-state index contributed by atoms with van der Waals surface area (Å²) in [6.07, 6.45) is 0.0770. The first kappa shape index (κ1) is 21.2. The van der Waals surface area contributed by atoms with Gasteiger partial charge in [0.2, 0.25) is 0 Å². The Morgan fingerprint density at radius 3 is 2.36 bits per heavy atom. The number of hydrogen-bond donors (Lipinski definition) is 2. The van der Waals surface area contributed by atoms with E-state index in [0.717, 1.165) is 0 Å². The van der Waals surface area contributed by atoms with Crippen LogP contribution in [0.4, 0.5) is 0 Å². The summed E-state index contributed by atoms with van der Waals surface area (Å²) >= 11 is 0. The molecular formula is C22H25NO5. The van der Waals surface area contributed by atoms with Crippen molar-refractivity contribution in [1.82, 2.24) is 5.32 Å². The normalized spacial score (nSPS) is 11.0. The number of Topliss-reactive ketones (excluding diaryl/α,β-unsaturated/α-hetero) is 1. The van der Waals surface area contributed by atoms with Crippen molar-refractivity contribution in [1.29, 1.82) is 0 Å². The van der Waals surface area contributed by atoms with Gasteiger partial charge in [0.1, 0.15) is 11.5 Å². The lowest BCUT2D eigenvalue weighted by Crippen LogP contribution is -2.40. The second-order valence-electron chi connectivity index (χ2n) is 7.63. The lowest BCUT2D eigenvalue weighted by molar-refractivity contribution is -0.117. The SMILES string of the molecule is COC(=O)c1ccc(O)c(CC(=O)Cc2cccc(C(=O)NC(C)(C)C)c2)c1. The van der Waals surface area contributed by atoms with Gasteiger partial charge >= 0.3 is 5.97 Å². The van der Waals surface area contributed by atoms with Crippen molar-refractivity contribution in [2.75, 3.05) is 7.11 Å². The number of hydrogen-bond acceptors (Lipinski definition) is 5. The average molecular weight is 383 g/mol. The minimum Gasteiger partial charge on any atom is -0.508 e. The fraction of sp³-hybridized carbons (Fsp3) is 0.318. The third-order valence-corrected chi connectivity index (χ3v) is 3.97. The summed E-state index contributed by atoms with van der Waals surface area (Å²) in [5, 5.41) is 12.9. The molecule has 0 aromatic heterocycles. The Balaban J connectivity index is 2.11. The van der Waals surface area contributed by atoms with E-state index >= 15 is 0 Å². The van der Waals surface area contributed by atoms with Crippen LogP contribution < -0.4 is 5.32 Å². The highest BCUT2D eigenvalue weighted by molar-refractivity contribution is 5.95. The molecule has 28 heavy (non-hydrogen) atoms. The molecule has 0 heterocycles. The maximum atomic E-state index is 12.5. The Kier molecular flexibility index (Phi) is 6.57. The molecule has 0 aliphatic rings. The van der Waals surface area contributed by atoms with E-state index in [2.05, 4.69) is 10.1 Å². The molecule has 0 aliphatic carbocycles. The second-order valence-corrected chi connectivity index (χ2v) is 7.63. The fourth-order valence-electron chi connectivity index (χ4n) is 2.71. The Morgan fingerprint density at radius 2 is 1.71 bits per heavy atom. The van der Waals surface area contributed by atoms with Crippen molar-refractivity contribution in [3.8, 4) is 5.75 Å². The van der Waals surface area contributed by atoms with E-state index in [0.29, 0.717) is 16.7 Å². The van der Waals surface area contributed by atoms with Crippen molar-refractivity contribution in [3.05, 3.63) is 64.7 Å². The fourth-order valence-corrected chi connectivity index (χ4v) is 2.71. The van der Waals surface area contributed by atoms with Crippen LogP contribution in [0.5, 0.6) is 5.75 Å². The zero-order valence-electron chi connectivity index (χ0n) is 16.5. The molecule has 2 aromatic rings. The minimum atomic E-state index is -0.536. The number of rotatable bonds is 6. The molecule has 148 valence electrons. The van der Waals surface area contributed by atoms with Gasteiger partial charge in [-0.05, 0) is 56.7 Å². The molecule has 0 fully saturated rings. The topological polar surface area (TPSA) is 92.7 Å². The number of benzene rings is 2. The first-order valence-electron chi connectivity index (χ1n) is 8.92. The molecule has 6 nitrogen and oxygen atoms in total. The average Bonchev–Trinajstić information content (AvgIpc) is 2.61. The van der Waals surface area contributed by atoms with Gasteiger partial charge in [-0.2, -0.15) is 0 Å². The van der Waals surface area contributed by atoms with Gasteiger partial charge in [0.15, 0.2) is 0 Å². The van der Waals surface area contributed by atoms with Crippen LogP contribution in [0.1, 0.15) is 52.6 Å². The van der Waals surface area contributed by atoms with Gasteiger partial charge in [0.25, 0.3) is 5.91 Å². The number of carbonyl (C=O) groups is 3. The number of ether oxygens (including phenoxy) is 1. The first-order valence-corrected chi connectivity index (χ1v) is 8.92. The quantitative estimate of drug-likeness (QED) is 0.748. The maximum Gasteiger partial charge on any atom is 0.337 e. The van der Waals surface area contributed by atoms with Crippen molar-refractivity contribution in [2.45, 2.75) is 39.2 Å². The van der Waals surface area contributed by atoms with E-state index in [1.807, 2.05) is 20.8 Å². The third kappa shape index (κ3) is 5.94. The van der Waals surface area contributed by atoms with Crippen LogP contribution in [0.3, 0.4) is 0 Å². The molecule has 0 saturated heterocycles. The minimum absolute atomic E-state index is 0.0327. The predicted octanol–water partition coefficient (Wildman–Crippen LogP) is 3.06. The highest BCUT2D eigenvalue weighted by atomic mass is 16.5. The van der Waals surface area contributed by atoms with E-state index in [4.69, 9.17) is 0 Å². The number of esters is 1. The van der Waals surface area contributed by atoms with Gasteiger partial charge < -0.3 is 15.2 Å². The van der Waals surface area contributed by atoms with Gasteiger partial charge in [-0.1, -0.05) is 12.1 Å². The number of nitrogens with one attached hydrogen (secondary N) is 1. The number of amides is 1. The second kappa shape index (κ2) is 8.69. The molecule has 0 aliphatic heterocycles. The van der Waals surface area contributed by atoms with Crippen molar-refractivity contribution >= 4 is 17.7 Å². The Labute approximate surface area is 164 Å².